The normalized spacial score (nSPS) is 9.76. The fraction of sp³-hybridized carbons (Fsp3) is 0.0556. The fourth-order valence-corrected chi connectivity index (χ4v) is 2.25. The minimum absolute atomic E-state index is 0. The molecule has 0 bridgehead atoms. The van der Waals surface area contributed by atoms with Crippen LogP contribution in [0, 0.1) is 0 Å². The van der Waals surface area contributed by atoms with Gasteiger partial charge in [-0.15, -0.1) is 0 Å². The number of aryl methyl sites for hydroxylation is 1. The average molecular weight is 316 g/mol. The third-order valence-corrected chi connectivity index (χ3v) is 3.26. The van der Waals surface area contributed by atoms with E-state index in [0.29, 0.717) is 0 Å². The Labute approximate surface area is 135 Å². The van der Waals surface area contributed by atoms with Crippen LogP contribution in [0.25, 0.3) is 22.4 Å². The number of benzene rings is 1. The summed E-state index contributed by atoms with van der Waals surface area (Å²) >= 11 is 0. The summed E-state index contributed by atoms with van der Waals surface area (Å²) in [4.78, 5) is 4.62. The molecule has 0 spiro atoms. The molecule has 4 rings (SSSR count). The second kappa shape index (κ2) is 7.07. The van der Waals surface area contributed by atoms with Gasteiger partial charge in [0.1, 0.15) is 0 Å². The molecule has 0 aliphatic rings. The van der Waals surface area contributed by atoms with Crippen molar-refractivity contribution in [2.45, 2.75) is 0 Å². The van der Waals surface area contributed by atoms with Crippen molar-refractivity contribution in [3.63, 3.8) is 0 Å². The molecule has 0 aliphatic heterocycles. The Kier molecular flexibility index (Phi) is 5.15. The minimum atomic E-state index is 0. The molecule has 3 aromatic carbocycles. The maximum absolute atomic E-state index is 4.62. The van der Waals surface area contributed by atoms with Gasteiger partial charge in [-0.25, -0.2) is 29.2 Å². The van der Waals surface area contributed by atoms with Crippen molar-refractivity contribution in [3.05, 3.63) is 78.9 Å². The Bertz CT molecular complexity index is 748. The van der Waals surface area contributed by atoms with E-state index in [1.165, 1.54) is 11.1 Å². The summed E-state index contributed by atoms with van der Waals surface area (Å²) in [6, 6.07) is 26.4. The van der Waals surface area contributed by atoms with Crippen molar-refractivity contribution < 1.29 is 17.1 Å². The van der Waals surface area contributed by atoms with Crippen LogP contribution in [-0.2, 0) is 24.1 Å². The van der Waals surface area contributed by atoms with Crippen LogP contribution in [0.2, 0.25) is 0 Å². The van der Waals surface area contributed by atoms with E-state index in [9.17, 15) is 0 Å². The molecule has 0 fully saturated rings. The second-order valence-corrected chi connectivity index (χ2v) is 4.62. The molecule has 4 aromatic rings. The maximum atomic E-state index is 4.62. The van der Waals surface area contributed by atoms with Crippen LogP contribution in [0.3, 0.4) is 0 Å². The first kappa shape index (κ1) is 15.3. The van der Waals surface area contributed by atoms with Crippen LogP contribution in [-0.4, -0.2) is 9.55 Å². The Morgan fingerprint density at radius 2 is 1.62 bits per heavy atom. The molecule has 0 radical (unpaired) electrons. The van der Waals surface area contributed by atoms with Crippen molar-refractivity contribution in [2.75, 3.05) is 0 Å². The quantitative estimate of drug-likeness (QED) is 0.377. The number of rotatable bonds is 1. The van der Waals surface area contributed by atoms with Crippen LogP contribution in [0.4, 0.5) is 0 Å². The molecule has 1 heterocycles. The smallest absolute Gasteiger partial charge is 0.337 e. The Balaban J connectivity index is 0.000000231. The molecule has 106 valence electrons. The third kappa shape index (κ3) is 3.33. The molecule has 0 atom stereocenters. The molecular formula is C18H16FeN2. The zero-order valence-electron chi connectivity index (χ0n) is 11.8. The maximum Gasteiger partial charge on any atom is 2.00 e. The van der Waals surface area contributed by atoms with Gasteiger partial charge < -0.3 is 4.57 Å². The van der Waals surface area contributed by atoms with Crippen LogP contribution < -0.4 is 0 Å². The van der Waals surface area contributed by atoms with Gasteiger partial charge in [-0.05, 0) is 12.1 Å². The molecule has 0 unspecified atom stereocenters. The molecule has 2 nitrogen and oxygen atoms in total. The molecule has 0 N–H and O–H groups in total. The Morgan fingerprint density at radius 1 is 0.952 bits per heavy atom. The number of aromatic nitrogens is 2. The topological polar surface area (TPSA) is 17.8 Å². The van der Waals surface area contributed by atoms with Crippen LogP contribution in [0.15, 0.2) is 78.9 Å². The van der Waals surface area contributed by atoms with Crippen molar-refractivity contribution >= 4 is 11.0 Å². The van der Waals surface area contributed by atoms with Crippen LogP contribution >= 0.6 is 0 Å². The van der Waals surface area contributed by atoms with Gasteiger partial charge in [-0.2, -0.15) is 30.3 Å². The fourth-order valence-electron chi connectivity index (χ4n) is 2.25. The first-order chi connectivity index (χ1) is 9.86. The molecule has 0 amide bonds. The molecule has 0 aliphatic carbocycles. The summed E-state index contributed by atoms with van der Waals surface area (Å²) in [6.45, 7) is 0. The molecule has 0 saturated heterocycles. The second-order valence-electron chi connectivity index (χ2n) is 4.62. The third-order valence-electron chi connectivity index (χ3n) is 3.26. The molecule has 3 heteroatoms. The first-order valence-corrected chi connectivity index (χ1v) is 6.66. The molecule has 21 heavy (non-hydrogen) atoms. The molecule has 0 saturated carbocycles. The van der Waals surface area contributed by atoms with E-state index in [1.54, 1.807) is 0 Å². The number of imidazole rings is 1. The summed E-state index contributed by atoms with van der Waals surface area (Å²) in [5.41, 5.74) is 3.40. The van der Waals surface area contributed by atoms with E-state index in [-0.39, 0.29) is 17.1 Å². The van der Waals surface area contributed by atoms with Crippen molar-refractivity contribution in [2.24, 2.45) is 7.05 Å². The average Bonchev–Trinajstić information content (AvgIpc) is 3.23. The predicted molar refractivity (Wildman–Crippen MR) is 83.8 cm³/mol. The van der Waals surface area contributed by atoms with Crippen LogP contribution in [0.5, 0.6) is 0 Å². The van der Waals surface area contributed by atoms with Crippen molar-refractivity contribution in [1.29, 1.82) is 0 Å². The Morgan fingerprint density at radius 3 is 2.19 bits per heavy atom. The zero-order chi connectivity index (χ0) is 13.8. The number of nitrogens with zero attached hydrogens (tertiary/aromatic N) is 2. The molecule has 1 aromatic heterocycles. The summed E-state index contributed by atoms with van der Waals surface area (Å²) in [5, 5.41) is 0. The van der Waals surface area contributed by atoms with Gasteiger partial charge in [0.25, 0.3) is 0 Å². The van der Waals surface area contributed by atoms with E-state index in [1.807, 2.05) is 60.7 Å². The van der Waals surface area contributed by atoms with E-state index in [4.69, 9.17) is 0 Å². The van der Waals surface area contributed by atoms with Gasteiger partial charge in [0.05, 0.1) is 16.9 Å². The number of para-hydroxylation sites is 2. The van der Waals surface area contributed by atoms with Gasteiger partial charge >= 0.3 is 17.1 Å². The van der Waals surface area contributed by atoms with Gasteiger partial charge in [0.15, 0.2) is 0 Å². The van der Waals surface area contributed by atoms with E-state index < -0.39 is 0 Å². The van der Waals surface area contributed by atoms with Gasteiger partial charge in [0.2, 0.25) is 0 Å². The summed E-state index contributed by atoms with van der Waals surface area (Å²) < 4.78 is 2.13. The van der Waals surface area contributed by atoms with E-state index >= 15 is 0 Å². The monoisotopic (exact) mass is 316 g/mol. The van der Waals surface area contributed by atoms with Crippen molar-refractivity contribution in [1.82, 2.24) is 9.55 Å². The number of hydrogen-bond acceptors (Lipinski definition) is 1. The van der Waals surface area contributed by atoms with E-state index in [2.05, 4.69) is 34.8 Å². The number of fused-ring (bicyclic) bond motifs is 1. The van der Waals surface area contributed by atoms with Gasteiger partial charge in [-0.1, -0.05) is 17.7 Å². The Hall–Kier alpha value is -2.09. The standard InChI is InChI=1S/C13H11N2.C5H5.Fe/c1-15-12-9-5-4-8-11(12)14-13(15)10-6-2-3-7-10;1-2-4-5-3-1;/h2-9H,1H3;1-5H;/q2*-1;+2. The van der Waals surface area contributed by atoms with Gasteiger partial charge in [-0.3, -0.25) is 0 Å². The first-order valence-electron chi connectivity index (χ1n) is 6.66. The molecular weight excluding hydrogens is 300 g/mol. The van der Waals surface area contributed by atoms with E-state index in [0.717, 1.165) is 11.3 Å². The van der Waals surface area contributed by atoms with Gasteiger partial charge in [0, 0.05) is 7.05 Å². The van der Waals surface area contributed by atoms with Crippen LogP contribution in [0.1, 0.15) is 0 Å². The zero-order valence-corrected chi connectivity index (χ0v) is 12.9. The minimum Gasteiger partial charge on any atom is -0.337 e. The predicted octanol–water partition coefficient (Wildman–Crippen LogP) is 4.36. The largest absolute Gasteiger partial charge is 2.00 e. The summed E-state index contributed by atoms with van der Waals surface area (Å²) in [7, 11) is 2.05. The SMILES string of the molecule is Cn1c(-[c-]2cccc2)nc2ccccc21.[Fe+2].c1cc[cH-]c1. The number of hydrogen-bond donors (Lipinski definition) is 0. The summed E-state index contributed by atoms with van der Waals surface area (Å²) in [6.07, 6.45) is 0. The summed E-state index contributed by atoms with van der Waals surface area (Å²) in [5.74, 6) is 1.03. The van der Waals surface area contributed by atoms with Crippen molar-refractivity contribution in [3.8, 4) is 11.4 Å².